The Morgan fingerprint density at radius 1 is 1.03 bits per heavy atom. The van der Waals surface area contributed by atoms with E-state index in [9.17, 15) is 13.2 Å². The number of nitrogens with zero attached hydrogens (tertiary/aromatic N) is 2. The van der Waals surface area contributed by atoms with Crippen LogP contribution in [0.25, 0.3) is 16.5 Å². The van der Waals surface area contributed by atoms with E-state index < -0.39 is 10.2 Å². The highest BCUT2D eigenvalue weighted by Crippen LogP contribution is 2.51. The molecule has 2 heterocycles. The van der Waals surface area contributed by atoms with E-state index in [-0.39, 0.29) is 17.0 Å². The number of methoxy groups -OCH3 is 2. The molecule has 33 heavy (non-hydrogen) atoms. The first-order chi connectivity index (χ1) is 15.7. The maximum atomic E-state index is 13.4. The molecule has 2 aliphatic rings. The van der Waals surface area contributed by atoms with E-state index in [0.717, 1.165) is 42.7 Å². The number of nitrogens with two attached hydrogens (primary N) is 1. The minimum absolute atomic E-state index is 0.0545. The first-order valence-corrected chi connectivity index (χ1v) is 12.2. The second-order valence-electron chi connectivity index (χ2n) is 8.90. The largest absolute Gasteiger partial charge is 0.493 e. The summed E-state index contributed by atoms with van der Waals surface area (Å²) >= 11 is 0. The standard InChI is InChI=1S/C23H26N4O5S/c1-31-20-8-17-18(9-21(20)32-2)22(28)27(16-6-4-3-5-7-16)12-19(17)26-13-23(14-26)10-15(11-23)25-33(24,29)30/h3-9,12,15,25H,10-11,13-14H2,1-2H3,(H2,24,29,30). The number of nitrogens with one attached hydrogen (secondary N) is 1. The molecule has 1 spiro atoms. The van der Waals surface area contributed by atoms with Gasteiger partial charge >= 0.3 is 0 Å². The van der Waals surface area contributed by atoms with Gasteiger partial charge in [-0.3, -0.25) is 9.36 Å². The minimum atomic E-state index is -3.70. The van der Waals surface area contributed by atoms with Gasteiger partial charge in [-0.1, -0.05) is 18.2 Å². The lowest BCUT2D eigenvalue weighted by Gasteiger charge is -2.59. The molecule has 1 aliphatic heterocycles. The molecule has 10 heteroatoms. The van der Waals surface area contributed by atoms with Crippen molar-refractivity contribution < 1.29 is 17.9 Å². The van der Waals surface area contributed by atoms with Gasteiger partial charge in [-0.2, -0.15) is 13.1 Å². The fourth-order valence-electron chi connectivity index (χ4n) is 5.17. The fourth-order valence-corrected chi connectivity index (χ4v) is 5.80. The predicted octanol–water partition coefficient (Wildman–Crippen LogP) is 1.77. The zero-order valence-electron chi connectivity index (χ0n) is 18.4. The second-order valence-corrected chi connectivity index (χ2v) is 10.2. The van der Waals surface area contributed by atoms with E-state index in [1.807, 2.05) is 42.6 Å². The van der Waals surface area contributed by atoms with E-state index in [4.69, 9.17) is 14.6 Å². The Labute approximate surface area is 191 Å². The molecule has 1 saturated carbocycles. The number of anilines is 1. The smallest absolute Gasteiger partial charge is 0.274 e. The van der Waals surface area contributed by atoms with Crippen molar-refractivity contribution in [1.82, 2.24) is 9.29 Å². The van der Waals surface area contributed by atoms with Gasteiger partial charge < -0.3 is 14.4 Å². The lowest BCUT2D eigenvalue weighted by atomic mass is 9.61. The van der Waals surface area contributed by atoms with Gasteiger partial charge in [0.15, 0.2) is 11.5 Å². The Bertz CT molecular complexity index is 1370. The number of para-hydroxylation sites is 1. The van der Waals surface area contributed by atoms with Crippen LogP contribution in [0.15, 0.2) is 53.5 Å². The normalized spacial score (nSPS) is 17.6. The quantitative estimate of drug-likeness (QED) is 0.567. The van der Waals surface area contributed by atoms with Gasteiger partial charge in [0.05, 0.1) is 25.3 Å². The summed E-state index contributed by atoms with van der Waals surface area (Å²) in [5.74, 6) is 1.05. The van der Waals surface area contributed by atoms with Crippen molar-refractivity contribution in [3.63, 3.8) is 0 Å². The number of pyridine rings is 1. The molecule has 0 bridgehead atoms. The average molecular weight is 471 g/mol. The van der Waals surface area contributed by atoms with Gasteiger partial charge in [-0.05, 0) is 37.1 Å². The van der Waals surface area contributed by atoms with Crippen LogP contribution in [0.1, 0.15) is 12.8 Å². The molecular weight excluding hydrogens is 444 g/mol. The Balaban J connectivity index is 1.54. The van der Waals surface area contributed by atoms with Crippen LogP contribution >= 0.6 is 0 Å². The summed E-state index contributed by atoms with van der Waals surface area (Å²) in [6.07, 6.45) is 3.36. The molecule has 0 amide bonds. The number of hydrogen-bond donors (Lipinski definition) is 2. The van der Waals surface area contributed by atoms with Crippen molar-refractivity contribution in [2.75, 3.05) is 32.2 Å². The zero-order valence-corrected chi connectivity index (χ0v) is 19.3. The van der Waals surface area contributed by atoms with Crippen LogP contribution < -0.4 is 29.8 Å². The van der Waals surface area contributed by atoms with Crippen molar-refractivity contribution in [3.05, 3.63) is 59.0 Å². The molecule has 0 atom stereocenters. The van der Waals surface area contributed by atoms with Crippen molar-refractivity contribution in [1.29, 1.82) is 0 Å². The topological polar surface area (TPSA) is 116 Å². The van der Waals surface area contributed by atoms with Crippen LogP contribution in [0.5, 0.6) is 11.5 Å². The average Bonchev–Trinajstić information content (AvgIpc) is 2.74. The van der Waals surface area contributed by atoms with Crippen molar-refractivity contribution in [2.45, 2.75) is 18.9 Å². The molecule has 5 rings (SSSR count). The highest BCUT2D eigenvalue weighted by Gasteiger charge is 2.53. The predicted molar refractivity (Wildman–Crippen MR) is 127 cm³/mol. The van der Waals surface area contributed by atoms with Gasteiger partial charge in [0.2, 0.25) is 0 Å². The maximum absolute atomic E-state index is 13.4. The lowest BCUT2D eigenvalue weighted by Crippen LogP contribution is -2.67. The Morgan fingerprint density at radius 2 is 1.64 bits per heavy atom. The third-order valence-corrected chi connectivity index (χ3v) is 7.28. The highest BCUT2D eigenvalue weighted by molar-refractivity contribution is 7.87. The van der Waals surface area contributed by atoms with Crippen molar-refractivity contribution in [3.8, 4) is 17.2 Å². The summed E-state index contributed by atoms with van der Waals surface area (Å²) in [5, 5.41) is 6.44. The molecule has 2 fully saturated rings. The Kier molecular flexibility index (Phi) is 5.11. The Morgan fingerprint density at radius 3 is 2.21 bits per heavy atom. The Hall–Kier alpha value is -3.08. The van der Waals surface area contributed by atoms with Gasteiger partial charge in [0.25, 0.3) is 15.8 Å². The molecule has 3 aromatic rings. The molecule has 0 unspecified atom stereocenters. The monoisotopic (exact) mass is 470 g/mol. The number of aromatic nitrogens is 1. The first kappa shape index (κ1) is 21.7. The van der Waals surface area contributed by atoms with Gasteiger partial charge in [-0.25, -0.2) is 5.14 Å². The summed E-state index contributed by atoms with van der Waals surface area (Å²) in [6.45, 7) is 1.54. The van der Waals surface area contributed by atoms with Gasteiger partial charge in [0, 0.05) is 41.8 Å². The number of benzene rings is 2. The van der Waals surface area contributed by atoms with Crippen LogP contribution in [-0.2, 0) is 10.2 Å². The summed E-state index contributed by atoms with van der Waals surface area (Å²) in [4.78, 5) is 15.6. The van der Waals surface area contributed by atoms with Crippen molar-refractivity contribution >= 4 is 26.7 Å². The summed E-state index contributed by atoms with van der Waals surface area (Å²) in [7, 11) is -0.580. The molecule has 2 aromatic carbocycles. The molecule has 9 nitrogen and oxygen atoms in total. The van der Waals surface area contributed by atoms with E-state index in [1.165, 1.54) is 0 Å². The third-order valence-electron chi connectivity index (χ3n) is 6.62. The van der Waals surface area contributed by atoms with Crippen LogP contribution in [0.2, 0.25) is 0 Å². The molecule has 1 saturated heterocycles. The van der Waals surface area contributed by atoms with Crippen molar-refractivity contribution in [2.24, 2.45) is 10.6 Å². The van der Waals surface area contributed by atoms with Gasteiger partial charge in [0.1, 0.15) is 0 Å². The van der Waals surface area contributed by atoms with Crippen LogP contribution in [0.4, 0.5) is 5.69 Å². The molecule has 1 aromatic heterocycles. The maximum Gasteiger partial charge on any atom is 0.274 e. The van der Waals surface area contributed by atoms with Crippen LogP contribution in [0, 0.1) is 5.41 Å². The summed E-state index contributed by atoms with van der Waals surface area (Å²) < 4.78 is 37.7. The number of hydrogen-bond acceptors (Lipinski definition) is 6. The van der Waals surface area contributed by atoms with Crippen LogP contribution in [0.3, 0.4) is 0 Å². The highest BCUT2D eigenvalue weighted by atomic mass is 32.2. The fraction of sp³-hybridized carbons (Fsp3) is 0.348. The molecule has 174 valence electrons. The van der Waals surface area contributed by atoms with E-state index in [1.54, 1.807) is 24.9 Å². The minimum Gasteiger partial charge on any atom is -0.493 e. The van der Waals surface area contributed by atoms with E-state index in [0.29, 0.717) is 16.9 Å². The first-order valence-electron chi connectivity index (χ1n) is 10.6. The molecule has 1 aliphatic carbocycles. The van der Waals surface area contributed by atoms with Gasteiger partial charge in [-0.15, -0.1) is 0 Å². The number of rotatable bonds is 6. The molecular formula is C23H26N4O5S. The van der Waals surface area contributed by atoms with E-state index >= 15 is 0 Å². The summed E-state index contributed by atoms with van der Waals surface area (Å²) in [6, 6.07) is 12.9. The SMILES string of the molecule is COc1cc2c(N3CC4(CC(NS(N)(=O)=O)C4)C3)cn(-c3ccccc3)c(=O)c2cc1OC. The molecule has 3 N–H and O–H groups in total. The van der Waals surface area contributed by atoms with Crippen LogP contribution in [-0.4, -0.2) is 46.3 Å². The number of fused-ring (bicyclic) bond motifs is 1. The second kappa shape index (κ2) is 7.75. The molecule has 0 radical (unpaired) electrons. The third kappa shape index (κ3) is 3.84. The number of ether oxygens (including phenoxy) is 2. The summed E-state index contributed by atoms with van der Waals surface area (Å²) in [5.41, 5.74) is 1.61. The lowest BCUT2D eigenvalue weighted by molar-refractivity contribution is 0.0592. The zero-order chi connectivity index (χ0) is 23.4. The van der Waals surface area contributed by atoms with E-state index in [2.05, 4.69) is 9.62 Å².